The van der Waals surface area contributed by atoms with Crippen LogP contribution in [0, 0.1) is 0 Å². The highest BCUT2D eigenvalue weighted by atomic mass is 19.3. The minimum Gasteiger partial charge on any atom is -0.392 e. The molecule has 0 bridgehead atoms. The molecule has 1 N–H and O–H groups in total. The van der Waals surface area contributed by atoms with Gasteiger partial charge in [-0.25, -0.2) is 8.78 Å². The lowest BCUT2D eigenvalue weighted by Gasteiger charge is -2.08. The number of hydrogen-bond donors (Lipinski definition) is 1. The normalized spacial score (nSPS) is 10.4. The van der Waals surface area contributed by atoms with Crippen LogP contribution in [0.5, 0.6) is 0 Å². The number of carbonyl (C=O) groups excluding carboxylic acids is 2. The molecule has 5 heteroatoms. The van der Waals surface area contributed by atoms with Gasteiger partial charge in [-0.1, -0.05) is 0 Å². The number of halogens is 2. The van der Waals surface area contributed by atoms with Gasteiger partial charge in [-0.05, 0) is 17.7 Å². The van der Waals surface area contributed by atoms with E-state index in [1.54, 1.807) is 0 Å². The second kappa shape index (κ2) is 4.75. The highest BCUT2D eigenvalue weighted by Crippen LogP contribution is 2.25. The van der Waals surface area contributed by atoms with Crippen molar-refractivity contribution in [2.24, 2.45) is 0 Å². The first-order valence-corrected chi connectivity index (χ1v) is 4.10. The second-order valence-corrected chi connectivity index (χ2v) is 2.87. The summed E-state index contributed by atoms with van der Waals surface area (Å²) in [6.07, 6.45) is -2.14. The SMILES string of the molecule is O=Cc1cc(C=O)c(C(F)F)cc1CO. The van der Waals surface area contributed by atoms with Gasteiger partial charge in [0.1, 0.15) is 6.29 Å². The van der Waals surface area contributed by atoms with Crippen LogP contribution in [0.15, 0.2) is 12.1 Å². The third kappa shape index (κ3) is 2.24. The molecule has 0 aliphatic heterocycles. The maximum Gasteiger partial charge on any atom is 0.264 e. The molecule has 0 heterocycles. The molecular weight excluding hydrogens is 206 g/mol. The van der Waals surface area contributed by atoms with Gasteiger partial charge in [0, 0.05) is 16.7 Å². The molecule has 0 unspecified atom stereocenters. The minimum atomic E-state index is -2.81. The van der Waals surface area contributed by atoms with Crippen molar-refractivity contribution >= 4 is 12.6 Å². The lowest BCUT2D eigenvalue weighted by atomic mass is 10.00. The van der Waals surface area contributed by atoms with Crippen LogP contribution in [-0.2, 0) is 6.61 Å². The molecule has 15 heavy (non-hydrogen) atoms. The van der Waals surface area contributed by atoms with Crippen LogP contribution in [0.25, 0.3) is 0 Å². The van der Waals surface area contributed by atoms with Crippen LogP contribution in [-0.4, -0.2) is 17.7 Å². The zero-order valence-corrected chi connectivity index (χ0v) is 7.61. The number of aldehydes is 2. The fourth-order valence-electron chi connectivity index (χ4n) is 1.24. The molecule has 1 aromatic rings. The second-order valence-electron chi connectivity index (χ2n) is 2.87. The Labute approximate surface area is 84.3 Å². The van der Waals surface area contributed by atoms with E-state index < -0.39 is 18.6 Å². The lowest BCUT2D eigenvalue weighted by molar-refractivity contribution is 0.110. The van der Waals surface area contributed by atoms with Crippen molar-refractivity contribution in [3.63, 3.8) is 0 Å². The highest BCUT2D eigenvalue weighted by molar-refractivity contribution is 5.85. The number of carbonyl (C=O) groups is 2. The van der Waals surface area contributed by atoms with Crippen LogP contribution in [0.2, 0.25) is 0 Å². The maximum absolute atomic E-state index is 12.4. The molecule has 1 rings (SSSR count). The standard InChI is InChI=1S/C10H8F2O3/c11-10(12)9-2-7(4-14)6(3-13)1-8(9)5-15/h1-3,5,10,14H,4H2. The van der Waals surface area contributed by atoms with Gasteiger partial charge in [0.25, 0.3) is 6.43 Å². The zero-order valence-electron chi connectivity index (χ0n) is 7.61. The maximum atomic E-state index is 12.4. The Kier molecular flexibility index (Phi) is 3.62. The number of aliphatic hydroxyl groups excluding tert-OH is 1. The molecule has 3 nitrogen and oxygen atoms in total. The predicted molar refractivity (Wildman–Crippen MR) is 48.1 cm³/mol. The smallest absolute Gasteiger partial charge is 0.264 e. The Morgan fingerprint density at radius 2 is 1.80 bits per heavy atom. The summed E-state index contributed by atoms with van der Waals surface area (Å²) in [5.74, 6) is 0. The first-order valence-electron chi connectivity index (χ1n) is 4.10. The summed E-state index contributed by atoms with van der Waals surface area (Å²) in [4.78, 5) is 21.0. The van der Waals surface area contributed by atoms with Gasteiger partial charge >= 0.3 is 0 Å². The molecule has 0 fully saturated rings. The highest BCUT2D eigenvalue weighted by Gasteiger charge is 2.15. The summed E-state index contributed by atoms with van der Waals surface area (Å²) in [6.45, 7) is -0.521. The average molecular weight is 214 g/mol. The van der Waals surface area contributed by atoms with Crippen molar-refractivity contribution in [3.05, 3.63) is 34.4 Å². The Bertz CT molecular complexity index is 388. The molecule has 0 spiro atoms. The summed E-state index contributed by atoms with van der Waals surface area (Å²) < 4.78 is 24.9. The Balaban J connectivity index is 3.40. The number of hydrogen-bond acceptors (Lipinski definition) is 3. The predicted octanol–water partition coefficient (Wildman–Crippen LogP) is 1.74. The summed E-state index contributed by atoms with van der Waals surface area (Å²) in [5.41, 5.74) is -0.571. The van der Waals surface area contributed by atoms with Gasteiger partial charge in [0.2, 0.25) is 0 Å². The molecular formula is C10H8F2O3. The number of benzene rings is 1. The Hall–Kier alpha value is -1.62. The third-order valence-electron chi connectivity index (χ3n) is 2.00. The van der Waals surface area contributed by atoms with Crippen molar-refractivity contribution in [2.45, 2.75) is 13.0 Å². The average Bonchev–Trinajstić information content (AvgIpc) is 2.26. The minimum absolute atomic E-state index is 0.0454. The molecule has 0 atom stereocenters. The Morgan fingerprint density at radius 3 is 2.20 bits per heavy atom. The summed E-state index contributed by atoms with van der Waals surface area (Å²) in [5, 5.41) is 8.83. The molecule has 0 aliphatic carbocycles. The summed E-state index contributed by atoms with van der Waals surface area (Å²) in [6, 6.07) is 2.02. The van der Waals surface area contributed by atoms with E-state index in [0.29, 0.717) is 6.29 Å². The third-order valence-corrected chi connectivity index (χ3v) is 2.00. The molecule has 0 radical (unpaired) electrons. The largest absolute Gasteiger partial charge is 0.392 e. The monoisotopic (exact) mass is 214 g/mol. The van der Waals surface area contributed by atoms with Crippen LogP contribution in [0.1, 0.15) is 38.3 Å². The molecule has 0 aromatic heterocycles. The van der Waals surface area contributed by atoms with Crippen LogP contribution < -0.4 is 0 Å². The van der Waals surface area contributed by atoms with Crippen molar-refractivity contribution in [1.82, 2.24) is 0 Å². The van der Waals surface area contributed by atoms with E-state index in [0.717, 1.165) is 12.1 Å². The Morgan fingerprint density at radius 1 is 1.20 bits per heavy atom. The van der Waals surface area contributed by atoms with Gasteiger partial charge in [0.15, 0.2) is 6.29 Å². The number of aliphatic hydroxyl groups is 1. The summed E-state index contributed by atoms with van der Waals surface area (Å²) in [7, 11) is 0. The molecule has 0 aliphatic rings. The fourth-order valence-corrected chi connectivity index (χ4v) is 1.24. The van der Waals surface area contributed by atoms with E-state index in [4.69, 9.17) is 5.11 Å². The van der Waals surface area contributed by atoms with Crippen LogP contribution in [0.4, 0.5) is 8.78 Å². The van der Waals surface area contributed by atoms with Gasteiger partial charge in [0.05, 0.1) is 6.61 Å². The zero-order chi connectivity index (χ0) is 11.4. The molecule has 0 saturated carbocycles. The molecule has 0 saturated heterocycles. The van der Waals surface area contributed by atoms with Crippen molar-refractivity contribution in [3.8, 4) is 0 Å². The first-order chi connectivity index (χ1) is 7.13. The molecule has 1 aromatic carbocycles. The molecule has 80 valence electrons. The van der Waals surface area contributed by atoms with Gasteiger partial charge < -0.3 is 5.11 Å². The van der Waals surface area contributed by atoms with E-state index in [1.165, 1.54) is 0 Å². The van der Waals surface area contributed by atoms with Crippen LogP contribution in [0.3, 0.4) is 0 Å². The van der Waals surface area contributed by atoms with E-state index in [9.17, 15) is 18.4 Å². The van der Waals surface area contributed by atoms with E-state index >= 15 is 0 Å². The van der Waals surface area contributed by atoms with Gasteiger partial charge in [-0.3, -0.25) is 9.59 Å². The van der Waals surface area contributed by atoms with E-state index in [1.807, 2.05) is 0 Å². The number of alkyl halides is 2. The van der Waals surface area contributed by atoms with E-state index in [2.05, 4.69) is 0 Å². The van der Waals surface area contributed by atoms with Gasteiger partial charge in [-0.2, -0.15) is 0 Å². The fraction of sp³-hybridized carbons (Fsp3) is 0.200. The topological polar surface area (TPSA) is 54.4 Å². The lowest BCUT2D eigenvalue weighted by Crippen LogP contribution is -2.01. The summed E-state index contributed by atoms with van der Waals surface area (Å²) >= 11 is 0. The van der Waals surface area contributed by atoms with Crippen molar-refractivity contribution < 1.29 is 23.5 Å². The quantitative estimate of drug-likeness (QED) is 0.776. The van der Waals surface area contributed by atoms with Crippen molar-refractivity contribution in [2.75, 3.05) is 0 Å². The van der Waals surface area contributed by atoms with Crippen LogP contribution >= 0.6 is 0 Å². The number of rotatable bonds is 4. The molecule has 0 amide bonds. The van der Waals surface area contributed by atoms with Gasteiger partial charge in [-0.15, -0.1) is 0 Å². The first kappa shape index (κ1) is 11.5. The van der Waals surface area contributed by atoms with E-state index in [-0.39, 0.29) is 23.0 Å². The van der Waals surface area contributed by atoms with Crippen molar-refractivity contribution in [1.29, 1.82) is 0 Å².